The van der Waals surface area contributed by atoms with Crippen LogP contribution in [0, 0.1) is 0 Å². The number of benzene rings is 1. The molecule has 1 aliphatic rings. The summed E-state index contributed by atoms with van der Waals surface area (Å²) in [5, 5.41) is 3.38. The number of nitrogens with one attached hydrogen (secondary N) is 1. The predicted octanol–water partition coefficient (Wildman–Crippen LogP) is 3.36. The van der Waals surface area contributed by atoms with Gasteiger partial charge in [0.05, 0.1) is 19.4 Å². The summed E-state index contributed by atoms with van der Waals surface area (Å²) >= 11 is 0. The lowest BCUT2D eigenvalue weighted by Gasteiger charge is -2.36. The molecule has 30 heavy (non-hydrogen) atoms. The van der Waals surface area contributed by atoms with Crippen LogP contribution in [-0.2, 0) is 17.9 Å². The van der Waals surface area contributed by atoms with Gasteiger partial charge in [0.15, 0.2) is 11.7 Å². The van der Waals surface area contributed by atoms with Crippen molar-refractivity contribution in [2.75, 3.05) is 39.3 Å². The van der Waals surface area contributed by atoms with Gasteiger partial charge in [0.2, 0.25) is 0 Å². The van der Waals surface area contributed by atoms with E-state index in [9.17, 15) is 4.79 Å². The molecule has 1 amide bonds. The van der Waals surface area contributed by atoms with Crippen LogP contribution in [0.4, 0.5) is 0 Å². The van der Waals surface area contributed by atoms with E-state index in [0.29, 0.717) is 38.6 Å². The van der Waals surface area contributed by atoms with Gasteiger partial charge in [-0.1, -0.05) is 24.3 Å². The topological polar surface area (TPSA) is 70.3 Å². The highest BCUT2D eigenvalue weighted by Gasteiger charge is 2.25. The Morgan fingerprint density at radius 1 is 1.07 bits per heavy atom. The quantitative estimate of drug-likeness (QED) is 0.341. The number of carbonyl (C=O) groups is 1. The van der Waals surface area contributed by atoms with Crippen LogP contribution in [0.5, 0.6) is 0 Å². The van der Waals surface area contributed by atoms with E-state index in [1.807, 2.05) is 24.0 Å². The maximum atomic E-state index is 12.5. The maximum absolute atomic E-state index is 12.5. The first kappa shape index (κ1) is 24.2. The first-order valence-electron chi connectivity index (χ1n) is 10.2. The first-order valence-corrected chi connectivity index (χ1v) is 10.2. The summed E-state index contributed by atoms with van der Waals surface area (Å²) in [6, 6.07) is 11.7. The largest absolute Gasteiger partial charge is 0.459 e. The molecule has 0 bridgehead atoms. The minimum absolute atomic E-state index is 0. The minimum atomic E-state index is -0.0542. The molecule has 164 valence electrons. The number of halogens is 1. The fourth-order valence-electron chi connectivity index (χ4n) is 3.33. The van der Waals surface area contributed by atoms with Gasteiger partial charge in [-0.2, -0.15) is 0 Å². The molecule has 2 heterocycles. The monoisotopic (exact) mass is 526 g/mol. The highest BCUT2D eigenvalue weighted by molar-refractivity contribution is 14.0. The van der Waals surface area contributed by atoms with Gasteiger partial charge in [-0.3, -0.25) is 4.79 Å². The molecule has 3 rings (SSSR count). The molecule has 1 saturated heterocycles. The molecular weight excluding hydrogens is 495 g/mol. The molecule has 0 unspecified atom stereocenters. The van der Waals surface area contributed by atoms with Gasteiger partial charge in [0.25, 0.3) is 5.91 Å². The molecule has 1 aliphatic heterocycles. The number of carbonyl (C=O) groups excluding carboxylic acids is 1. The van der Waals surface area contributed by atoms with E-state index in [4.69, 9.17) is 14.1 Å². The summed E-state index contributed by atoms with van der Waals surface area (Å²) in [4.78, 5) is 21.3. The molecule has 0 spiro atoms. The molecule has 0 atom stereocenters. The number of amides is 1. The van der Waals surface area contributed by atoms with Crippen LogP contribution >= 0.6 is 24.0 Å². The molecule has 0 radical (unpaired) electrons. The Labute approximate surface area is 195 Å². The number of ether oxygens (including phenoxy) is 1. The van der Waals surface area contributed by atoms with E-state index in [1.165, 1.54) is 17.4 Å². The third-order valence-electron chi connectivity index (χ3n) is 4.91. The average Bonchev–Trinajstić information content (AvgIpc) is 3.30. The SMILES string of the molecule is CCNC(=NCc1ccccc1COCC)N1CCN(C(=O)c2ccco2)CC1.I. The fourth-order valence-corrected chi connectivity index (χ4v) is 3.33. The molecule has 1 N–H and O–H groups in total. The highest BCUT2D eigenvalue weighted by atomic mass is 127. The Balaban J connectivity index is 0.00000320. The molecule has 2 aromatic rings. The summed E-state index contributed by atoms with van der Waals surface area (Å²) in [6.07, 6.45) is 1.53. The van der Waals surface area contributed by atoms with Gasteiger partial charge in [-0.05, 0) is 37.1 Å². The van der Waals surface area contributed by atoms with Crippen LogP contribution in [0.1, 0.15) is 35.5 Å². The van der Waals surface area contributed by atoms with Crippen molar-refractivity contribution in [2.24, 2.45) is 4.99 Å². The second kappa shape index (κ2) is 12.6. The smallest absolute Gasteiger partial charge is 0.289 e. The van der Waals surface area contributed by atoms with Crippen LogP contribution < -0.4 is 5.32 Å². The lowest BCUT2D eigenvalue weighted by Crippen LogP contribution is -2.53. The van der Waals surface area contributed by atoms with Crippen molar-refractivity contribution in [1.29, 1.82) is 0 Å². The van der Waals surface area contributed by atoms with E-state index < -0.39 is 0 Å². The molecule has 0 saturated carbocycles. The van der Waals surface area contributed by atoms with E-state index in [-0.39, 0.29) is 29.9 Å². The third-order valence-corrected chi connectivity index (χ3v) is 4.91. The summed E-state index contributed by atoms with van der Waals surface area (Å²) in [5.41, 5.74) is 2.34. The van der Waals surface area contributed by atoms with Crippen LogP contribution in [0.25, 0.3) is 0 Å². The third kappa shape index (κ3) is 6.46. The van der Waals surface area contributed by atoms with Crippen molar-refractivity contribution in [1.82, 2.24) is 15.1 Å². The van der Waals surface area contributed by atoms with Crippen LogP contribution in [-0.4, -0.2) is 61.0 Å². The van der Waals surface area contributed by atoms with Crippen molar-refractivity contribution in [3.8, 4) is 0 Å². The molecular formula is C22H31IN4O3. The highest BCUT2D eigenvalue weighted by Crippen LogP contribution is 2.13. The van der Waals surface area contributed by atoms with Gasteiger partial charge in [0, 0.05) is 39.3 Å². The average molecular weight is 526 g/mol. The van der Waals surface area contributed by atoms with E-state index in [0.717, 1.165) is 25.6 Å². The molecule has 1 aromatic carbocycles. The number of furan rings is 1. The zero-order valence-corrected chi connectivity index (χ0v) is 20.0. The number of aliphatic imine (C=N–C) groups is 1. The number of nitrogens with zero attached hydrogens (tertiary/aromatic N) is 3. The van der Waals surface area contributed by atoms with E-state index in [1.54, 1.807) is 12.1 Å². The van der Waals surface area contributed by atoms with Gasteiger partial charge in [-0.25, -0.2) is 4.99 Å². The number of piperazine rings is 1. The van der Waals surface area contributed by atoms with Gasteiger partial charge in [-0.15, -0.1) is 24.0 Å². The Morgan fingerprint density at radius 3 is 2.40 bits per heavy atom. The second-order valence-electron chi connectivity index (χ2n) is 6.83. The lowest BCUT2D eigenvalue weighted by atomic mass is 10.1. The lowest BCUT2D eigenvalue weighted by molar-refractivity contribution is 0.0657. The normalized spacial score (nSPS) is 14.4. The number of rotatable bonds is 7. The van der Waals surface area contributed by atoms with Crippen molar-refractivity contribution in [2.45, 2.75) is 27.0 Å². The summed E-state index contributed by atoms with van der Waals surface area (Å²) < 4.78 is 10.8. The van der Waals surface area contributed by atoms with E-state index in [2.05, 4.69) is 29.3 Å². The Morgan fingerprint density at radius 2 is 1.77 bits per heavy atom. The summed E-state index contributed by atoms with van der Waals surface area (Å²) in [6.45, 7) is 9.51. The van der Waals surface area contributed by atoms with Crippen molar-refractivity contribution in [3.63, 3.8) is 0 Å². The van der Waals surface area contributed by atoms with Crippen LogP contribution in [0.15, 0.2) is 52.1 Å². The number of hydrogen-bond acceptors (Lipinski definition) is 4. The molecule has 0 aliphatic carbocycles. The Bertz CT molecular complexity index is 802. The van der Waals surface area contributed by atoms with Gasteiger partial charge < -0.3 is 24.3 Å². The van der Waals surface area contributed by atoms with Gasteiger partial charge >= 0.3 is 0 Å². The Hall–Kier alpha value is -2.07. The van der Waals surface area contributed by atoms with Gasteiger partial charge in [0.1, 0.15) is 0 Å². The van der Waals surface area contributed by atoms with Crippen molar-refractivity contribution >= 4 is 35.8 Å². The first-order chi connectivity index (χ1) is 14.2. The second-order valence-corrected chi connectivity index (χ2v) is 6.83. The number of guanidine groups is 1. The molecule has 1 aromatic heterocycles. The maximum Gasteiger partial charge on any atom is 0.289 e. The standard InChI is InChI=1S/C22H30N4O3.HI/c1-3-23-22(24-16-18-8-5-6-9-19(18)17-28-4-2)26-13-11-25(12-14-26)21(27)20-10-7-15-29-20;/h5-10,15H,3-4,11-14,16-17H2,1-2H3,(H,23,24);1H. The zero-order valence-electron chi connectivity index (χ0n) is 17.7. The minimum Gasteiger partial charge on any atom is -0.459 e. The zero-order chi connectivity index (χ0) is 20.5. The van der Waals surface area contributed by atoms with Crippen LogP contribution in [0.2, 0.25) is 0 Å². The molecule has 8 heteroatoms. The van der Waals surface area contributed by atoms with Crippen LogP contribution in [0.3, 0.4) is 0 Å². The number of hydrogen-bond donors (Lipinski definition) is 1. The fraction of sp³-hybridized carbons (Fsp3) is 0.455. The summed E-state index contributed by atoms with van der Waals surface area (Å²) in [7, 11) is 0. The molecule has 1 fully saturated rings. The summed E-state index contributed by atoms with van der Waals surface area (Å²) in [5.74, 6) is 1.22. The Kier molecular flexibility index (Phi) is 10.2. The van der Waals surface area contributed by atoms with E-state index >= 15 is 0 Å². The predicted molar refractivity (Wildman–Crippen MR) is 128 cm³/mol. The molecule has 7 nitrogen and oxygen atoms in total. The van der Waals surface area contributed by atoms with Crippen molar-refractivity contribution < 1.29 is 13.9 Å². The van der Waals surface area contributed by atoms with Crippen molar-refractivity contribution in [3.05, 3.63) is 59.5 Å².